The molecule has 0 spiro atoms. The quantitative estimate of drug-likeness (QED) is 0.509. The zero-order chi connectivity index (χ0) is 19.3. The van der Waals surface area contributed by atoms with Crippen LogP contribution in [0, 0.1) is 0 Å². The van der Waals surface area contributed by atoms with Gasteiger partial charge in [0.15, 0.2) is 0 Å². The van der Waals surface area contributed by atoms with Crippen molar-refractivity contribution in [3.05, 3.63) is 35.9 Å². The van der Waals surface area contributed by atoms with Crippen molar-refractivity contribution in [2.75, 3.05) is 27.4 Å². The molecule has 0 aliphatic carbocycles. The van der Waals surface area contributed by atoms with Crippen molar-refractivity contribution in [2.45, 2.75) is 26.7 Å². The maximum Gasteiger partial charge on any atom is 0.365 e. The van der Waals surface area contributed by atoms with Crippen molar-refractivity contribution in [1.82, 2.24) is 0 Å². The van der Waals surface area contributed by atoms with Crippen molar-refractivity contribution in [1.29, 1.82) is 0 Å². The van der Waals surface area contributed by atoms with Crippen LogP contribution in [0.4, 0.5) is 0 Å². The van der Waals surface area contributed by atoms with E-state index in [4.69, 9.17) is 18.5 Å². The lowest BCUT2D eigenvalue weighted by atomic mass is 9.98. The van der Waals surface area contributed by atoms with Gasteiger partial charge in [-0.15, -0.1) is 0 Å². The van der Waals surface area contributed by atoms with E-state index in [2.05, 4.69) is 0 Å². The molecule has 0 amide bonds. The zero-order valence-corrected chi connectivity index (χ0v) is 16.7. The highest BCUT2D eigenvalue weighted by molar-refractivity contribution is 7.63. The Balaban J connectivity index is 2.68. The number of benzene rings is 2. The van der Waals surface area contributed by atoms with Crippen molar-refractivity contribution in [3.8, 4) is 5.75 Å². The van der Waals surface area contributed by atoms with E-state index in [0.29, 0.717) is 16.4 Å². The molecule has 0 saturated carbocycles. The van der Waals surface area contributed by atoms with Gasteiger partial charge < -0.3 is 18.5 Å². The van der Waals surface area contributed by atoms with Crippen LogP contribution in [0.25, 0.3) is 10.8 Å². The molecule has 142 valence electrons. The third-order valence-corrected chi connectivity index (χ3v) is 6.33. The number of fused-ring (bicyclic) bond motifs is 1. The molecule has 6 nitrogen and oxygen atoms in total. The number of hydrogen-bond donors (Lipinski definition) is 0. The molecule has 0 radical (unpaired) electrons. The molecule has 0 heterocycles. The highest BCUT2D eigenvalue weighted by atomic mass is 31.2. The Morgan fingerprint density at radius 2 is 1.73 bits per heavy atom. The summed E-state index contributed by atoms with van der Waals surface area (Å²) in [6.07, 6.45) is 0. The van der Waals surface area contributed by atoms with Crippen LogP contribution in [-0.4, -0.2) is 33.4 Å². The molecule has 0 aromatic heterocycles. The highest BCUT2D eigenvalue weighted by Crippen LogP contribution is 2.51. The summed E-state index contributed by atoms with van der Waals surface area (Å²) in [4.78, 5) is 11.8. The number of methoxy groups -OCH3 is 2. The third kappa shape index (κ3) is 3.93. The van der Waals surface area contributed by atoms with Gasteiger partial charge in [0.05, 0.1) is 33.4 Å². The summed E-state index contributed by atoms with van der Waals surface area (Å²) in [5, 5.41) is 1.92. The standard InChI is InChI=1S/C19H25O6P/c1-6-24-26(21,25-7-2)18-16-10-8-14(13(3)19(20)23-5)12-15(16)9-11-17(18)22-4/h8-13H,6-7H2,1-5H3/t13-/m0/s1. The van der Waals surface area contributed by atoms with E-state index in [1.54, 1.807) is 26.8 Å². The minimum atomic E-state index is -3.55. The Hall–Kier alpha value is -1.88. The second-order valence-corrected chi connectivity index (χ2v) is 7.63. The van der Waals surface area contributed by atoms with Crippen LogP contribution in [0.5, 0.6) is 5.75 Å². The van der Waals surface area contributed by atoms with Gasteiger partial charge in [-0.05, 0) is 37.8 Å². The Kier molecular flexibility index (Phi) is 6.81. The molecular formula is C19H25O6P. The van der Waals surface area contributed by atoms with Crippen LogP contribution in [-0.2, 0) is 23.1 Å². The Morgan fingerprint density at radius 3 is 2.27 bits per heavy atom. The third-order valence-electron chi connectivity index (χ3n) is 4.13. The summed E-state index contributed by atoms with van der Waals surface area (Å²) in [6, 6.07) is 9.09. The number of carbonyl (C=O) groups is 1. The number of carbonyl (C=O) groups excluding carboxylic acids is 1. The fraction of sp³-hybridized carbons (Fsp3) is 0.421. The maximum atomic E-state index is 13.4. The number of ether oxygens (including phenoxy) is 2. The molecule has 2 aromatic rings. The van der Waals surface area contributed by atoms with Gasteiger partial charge in [-0.25, -0.2) is 0 Å². The summed E-state index contributed by atoms with van der Waals surface area (Å²) in [5.74, 6) is -0.274. The largest absolute Gasteiger partial charge is 0.496 e. The summed E-state index contributed by atoms with van der Waals surface area (Å²) in [5.41, 5.74) is 0.808. The SMILES string of the molecule is CCOP(=O)(OCC)c1c(OC)ccc2cc([C@H](C)C(=O)OC)ccc12. The van der Waals surface area contributed by atoms with Crippen LogP contribution in [0.1, 0.15) is 32.3 Å². The first kappa shape index (κ1) is 20.4. The maximum absolute atomic E-state index is 13.4. The smallest absolute Gasteiger partial charge is 0.365 e. The van der Waals surface area contributed by atoms with Crippen LogP contribution in [0.3, 0.4) is 0 Å². The number of hydrogen-bond acceptors (Lipinski definition) is 6. The first-order valence-corrected chi connectivity index (χ1v) is 10.0. The molecule has 2 rings (SSSR count). The molecule has 0 unspecified atom stereocenters. The second kappa shape index (κ2) is 8.67. The summed E-state index contributed by atoms with van der Waals surface area (Å²) < 4.78 is 34.7. The summed E-state index contributed by atoms with van der Waals surface area (Å²) >= 11 is 0. The topological polar surface area (TPSA) is 71.1 Å². The lowest BCUT2D eigenvalue weighted by Gasteiger charge is -2.21. The fourth-order valence-electron chi connectivity index (χ4n) is 2.85. The average molecular weight is 380 g/mol. The molecule has 1 atom stereocenters. The van der Waals surface area contributed by atoms with Gasteiger partial charge in [-0.2, -0.15) is 0 Å². The molecule has 2 aromatic carbocycles. The lowest BCUT2D eigenvalue weighted by Crippen LogP contribution is -2.15. The van der Waals surface area contributed by atoms with E-state index >= 15 is 0 Å². The molecule has 0 aliphatic rings. The van der Waals surface area contributed by atoms with Crippen LogP contribution in [0.15, 0.2) is 30.3 Å². The lowest BCUT2D eigenvalue weighted by molar-refractivity contribution is -0.141. The molecule has 26 heavy (non-hydrogen) atoms. The second-order valence-electron chi connectivity index (χ2n) is 5.67. The Labute approximate surface area is 153 Å². The molecule has 7 heteroatoms. The van der Waals surface area contributed by atoms with Crippen molar-refractivity contribution >= 4 is 29.6 Å². The Bertz CT molecular complexity index is 822. The summed E-state index contributed by atoms with van der Waals surface area (Å²) in [7, 11) is -0.673. The molecule has 0 fully saturated rings. The fourth-order valence-corrected chi connectivity index (χ4v) is 4.79. The van der Waals surface area contributed by atoms with E-state index < -0.39 is 13.5 Å². The van der Waals surface area contributed by atoms with E-state index in [1.165, 1.54) is 14.2 Å². The van der Waals surface area contributed by atoms with E-state index in [9.17, 15) is 9.36 Å². The molecule has 0 bridgehead atoms. The van der Waals surface area contributed by atoms with Gasteiger partial charge in [-0.1, -0.05) is 24.3 Å². The zero-order valence-electron chi connectivity index (χ0n) is 15.8. The minimum Gasteiger partial charge on any atom is -0.496 e. The van der Waals surface area contributed by atoms with Gasteiger partial charge >= 0.3 is 13.6 Å². The van der Waals surface area contributed by atoms with Crippen molar-refractivity contribution in [2.24, 2.45) is 0 Å². The predicted molar refractivity (Wildman–Crippen MR) is 101 cm³/mol. The van der Waals surface area contributed by atoms with E-state index in [1.807, 2.05) is 24.3 Å². The van der Waals surface area contributed by atoms with Gasteiger partial charge in [-0.3, -0.25) is 9.36 Å². The average Bonchev–Trinajstić information content (AvgIpc) is 2.65. The van der Waals surface area contributed by atoms with Crippen LogP contribution in [0.2, 0.25) is 0 Å². The van der Waals surface area contributed by atoms with Gasteiger partial charge in [0.1, 0.15) is 11.1 Å². The molecule has 0 aliphatic heterocycles. The number of rotatable bonds is 8. The van der Waals surface area contributed by atoms with Crippen molar-refractivity contribution in [3.63, 3.8) is 0 Å². The first-order chi connectivity index (χ1) is 12.4. The van der Waals surface area contributed by atoms with E-state index in [-0.39, 0.29) is 19.2 Å². The monoisotopic (exact) mass is 380 g/mol. The Morgan fingerprint density at radius 1 is 1.08 bits per heavy atom. The normalized spacial score (nSPS) is 12.8. The number of esters is 1. The molecular weight excluding hydrogens is 355 g/mol. The molecule has 0 saturated heterocycles. The summed E-state index contributed by atoms with van der Waals surface area (Å²) in [6.45, 7) is 5.80. The van der Waals surface area contributed by atoms with E-state index in [0.717, 1.165) is 10.9 Å². The highest BCUT2D eigenvalue weighted by Gasteiger charge is 2.33. The van der Waals surface area contributed by atoms with Crippen LogP contribution >= 0.6 is 7.60 Å². The minimum absolute atomic E-state index is 0.244. The predicted octanol–water partition coefficient (Wildman–Crippen LogP) is 4.02. The molecule has 0 N–H and O–H groups in total. The van der Waals surface area contributed by atoms with Crippen molar-refractivity contribution < 1.29 is 27.9 Å². The van der Waals surface area contributed by atoms with Gasteiger partial charge in [0.25, 0.3) is 0 Å². The van der Waals surface area contributed by atoms with Gasteiger partial charge in [0.2, 0.25) is 0 Å². The van der Waals surface area contributed by atoms with Crippen LogP contribution < -0.4 is 10.0 Å². The van der Waals surface area contributed by atoms with Gasteiger partial charge in [0, 0.05) is 5.39 Å². The first-order valence-electron chi connectivity index (χ1n) is 8.50.